The van der Waals surface area contributed by atoms with Gasteiger partial charge in [-0.15, -0.1) is 0 Å². The van der Waals surface area contributed by atoms with Crippen LogP contribution in [-0.4, -0.2) is 29.9 Å². The quantitative estimate of drug-likeness (QED) is 0.709. The zero-order valence-corrected chi connectivity index (χ0v) is 15.8. The van der Waals surface area contributed by atoms with Crippen LogP contribution in [0.25, 0.3) is 0 Å². The molecule has 0 bridgehead atoms. The van der Waals surface area contributed by atoms with E-state index >= 15 is 0 Å². The molecule has 8 nitrogen and oxygen atoms in total. The molecule has 2 aromatic rings. The summed E-state index contributed by atoms with van der Waals surface area (Å²) in [4.78, 5) is 36.5. The molecule has 1 heterocycles. The first-order chi connectivity index (χ1) is 13.3. The highest BCUT2D eigenvalue weighted by Gasteiger charge is 2.30. The summed E-state index contributed by atoms with van der Waals surface area (Å²) in [5, 5.41) is 14.4. The van der Waals surface area contributed by atoms with E-state index in [1.165, 1.54) is 24.5 Å². The molecule has 0 aliphatic heterocycles. The highest BCUT2D eigenvalue weighted by Crippen LogP contribution is 2.18. The fraction of sp³-hybridized carbons (Fsp3) is 0.300. The van der Waals surface area contributed by atoms with Crippen molar-refractivity contribution in [3.05, 3.63) is 54.0 Å². The van der Waals surface area contributed by atoms with Gasteiger partial charge in [0.15, 0.2) is 12.4 Å². The van der Waals surface area contributed by atoms with Gasteiger partial charge in [0.1, 0.15) is 5.54 Å². The van der Waals surface area contributed by atoms with Gasteiger partial charge in [0.2, 0.25) is 0 Å². The van der Waals surface area contributed by atoms with E-state index in [1.807, 2.05) is 6.07 Å². The second-order valence-corrected chi connectivity index (χ2v) is 6.57. The van der Waals surface area contributed by atoms with Crippen LogP contribution in [-0.2, 0) is 9.53 Å². The lowest BCUT2D eigenvalue weighted by Gasteiger charge is -2.27. The lowest BCUT2D eigenvalue weighted by atomic mass is 9.90. The Kier molecular flexibility index (Phi) is 6.55. The highest BCUT2D eigenvalue weighted by atomic mass is 16.5. The fourth-order valence-electron chi connectivity index (χ4n) is 2.20. The fourth-order valence-corrected chi connectivity index (χ4v) is 2.20. The van der Waals surface area contributed by atoms with Crippen molar-refractivity contribution >= 4 is 23.5 Å². The van der Waals surface area contributed by atoms with E-state index in [9.17, 15) is 19.6 Å². The molecular weight excluding hydrogens is 362 g/mol. The smallest absolute Gasteiger partial charge is 0.340 e. The molecule has 0 aliphatic rings. The predicted molar refractivity (Wildman–Crippen MR) is 100 cm³/mol. The number of hydrogen-bond donors (Lipinski definition) is 2. The van der Waals surface area contributed by atoms with Gasteiger partial charge in [-0.05, 0) is 37.1 Å². The molecule has 0 saturated heterocycles. The Morgan fingerprint density at radius 1 is 1.21 bits per heavy atom. The number of furan rings is 1. The number of carbonyl (C=O) groups is 3. The number of benzene rings is 1. The van der Waals surface area contributed by atoms with Crippen LogP contribution in [0.5, 0.6) is 0 Å². The van der Waals surface area contributed by atoms with Gasteiger partial charge in [0.05, 0.1) is 23.6 Å². The van der Waals surface area contributed by atoms with Gasteiger partial charge in [-0.3, -0.25) is 9.59 Å². The Labute approximate surface area is 162 Å². The third-order valence-corrected chi connectivity index (χ3v) is 4.26. The Bertz CT molecular complexity index is 899. The number of anilines is 1. The van der Waals surface area contributed by atoms with Crippen molar-refractivity contribution in [2.45, 2.75) is 26.3 Å². The summed E-state index contributed by atoms with van der Waals surface area (Å²) >= 11 is 0. The van der Waals surface area contributed by atoms with E-state index in [0.29, 0.717) is 0 Å². The molecule has 1 atom stereocenters. The molecule has 0 fully saturated rings. The standard InChI is InChI=1S/C20H21N3O5/c1-13(2)20(3,12-21)23-17(24)11-28-19(26)14-7-4-5-8-15(14)22-18(25)16-9-6-10-27-16/h4-10,13H,11H2,1-3H3,(H,22,25)(H,23,24)/t20-/m0/s1. The number of rotatable bonds is 7. The molecule has 0 unspecified atom stereocenters. The van der Waals surface area contributed by atoms with Crippen molar-refractivity contribution in [1.82, 2.24) is 5.32 Å². The third-order valence-electron chi connectivity index (χ3n) is 4.26. The molecule has 2 N–H and O–H groups in total. The number of nitrogens with zero attached hydrogens (tertiary/aromatic N) is 1. The van der Waals surface area contributed by atoms with Crippen molar-refractivity contribution in [1.29, 1.82) is 5.26 Å². The number of esters is 1. The Morgan fingerprint density at radius 3 is 2.54 bits per heavy atom. The van der Waals surface area contributed by atoms with Crippen LogP contribution in [0.4, 0.5) is 5.69 Å². The van der Waals surface area contributed by atoms with Gasteiger partial charge >= 0.3 is 5.97 Å². The van der Waals surface area contributed by atoms with Crippen LogP contribution in [0.2, 0.25) is 0 Å². The van der Waals surface area contributed by atoms with Crippen LogP contribution in [0.3, 0.4) is 0 Å². The average Bonchev–Trinajstić information content (AvgIpc) is 3.21. The minimum absolute atomic E-state index is 0.0853. The topological polar surface area (TPSA) is 121 Å². The third kappa shape index (κ3) is 4.98. The van der Waals surface area contributed by atoms with Crippen LogP contribution < -0.4 is 10.6 Å². The zero-order chi connectivity index (χ0) is 20.7. The van der Waals surface area contributed by atoms with Crippen molar-refractivity contribution in [3.63, 3.8) is 0 Å². The van der Waals surface area contributed by atoms with Crippen molar-refractivity contribution in [2.24, 2.45) is 5.92 Å². The summed E-state index contributed by atoms with van der Waals surface area (Å²) in [7, 11) is 0. The van der Waals surface area contributed by atoms with Crippen LogP contribution in [0.15, 0.2) is 47.1 Å². The van der Waals surface area contributed by atoms with E-state index in [4.69, 9.17) is 9.15 Å². The monoisotopic (exact) mass is 383 g/mol. The molecule has 0 aliphatic carbocycles. The predicted octanol–water partition coefficient (Wildman–Crippen LogP) is 2.74. The van der Waals surface area contributed by atoms with Crippen LogP contribution >= 0.6 is 0 Å². The Balaban J connectivity index is 2.02. The number of nitrogens with one attached hydrogen (secondary N) is 2. The van der Waals surface area contributed by atoms with E-state index in [0.717, 1.165) is 0 Å². The number of para-hydroxylation sites is 1. The summed E-state index contributed by atoms with van der Waals surface area (Å²) in [6.45, 7) is 4.64. The van der Waals surface area contributed by atoms with Gasteiger partial charge in [0, 0.05) is 0 Å². The number of carbonyl (C=O) groups excluding carboxylic acids is 3. The first kappa shape index (κ1) is 20.7. The molecule has 0 saturated carbocycles. The van der Waals surface area contributed by atoms with Crippen molar-refractivity contribution in [2.75, 3.05) is 11.9 Å². The number of hydrogen-bond acceptors (Lipinski definition) is 6. The second-order valence-electron chi connectivity index (χ2n) is 6.57. The molecule has 0 radical (unpaired) electrons. The zero-order valence-electron chi connectivity index (χ0n) is 15.8. The molecule has 0 spiro atoms. The van der Waals surface area contributed by atoms with E-state index < -0.39 is 29.9 Å². The van der Waals surface area contributed by atoms with Crippen LogP contribution in [0, 0.1) is 17.2 Å². The maximum absolute atomic E-state index is 12.4. The first-order valence-corrected chi connectivity index (χ1v) is 8.60. The maximum Gasteiger partial charge on any atom is 0.340 e. The molecule has 1 aromatic carbocycles. The van der Waals surface area contributed by atoms with Gasteiger partial charge in [-0.1, -0.05) is 26.0 Å². The van der Waals surface area contributed by atoms with Gasteiger partial charge < -0.3 is 19.8 Å². The van der Waals surface area contributed by atoms with Crippen molar-refractivity contribution in [3.8, 4) is 6.07 Å². The molecule has 2 amide bonds. The lowest BCUT2D eigenvalue weighted by molar-refractivity contribution is -0.125. The van der Waals surface area contributed by atoms with E-state index in [-0.39, 0.29) is 22.9 Å². The SMILES string of the molecule is CC(C)[C@](C)(C#N)NC(=O)COC(=O)c1ccccc1NC(=O)c1ccco1. The maximum atomic E-state index is 12.4. The first-order valence-electron chi connectivity index (χ1n) is 8.60. The van der Waals surface area contributed by atoms with Gasteiger partial charge in [0.25, 0.3) is 11.8 Å². The molecule has 2 rings (SSSR count). The minimum atomic E-state index is -1.07. The van der Waals surface area contributed by atoms with E-state index in [2.05, 4.69) is 10.6 Å². The summed E-state index contributed by atoms with van der Waals surface area (Å²) in [6.07, 6.45) is 1.36. The largest absolute Gasteiger partial charge is 0.459 e. The van der Waals surface area contributed by atoms with E-state index in [1.54, 1.807) is 39.0 Å². The van der Waals surface area contributed by atoms with Gasteiger partial charge in [-0.2, -0.15) is 5.26 Å². The van der Waals surface area contributed by atoms with Gasteiger partial charge in [-0.25, -0.2) is 4.79 Å². The summed E-state index contributed by atoms with van der Waals surface area (Å²) < 4.78 is 10.1. The Morgan fingerprint density at radius 2 is 1.93 bits per heavy atom. The second kappa shape index (κ2) is 8.86. The highest BCUT2D eigenvalue weighted by molar-refractivity contribution is 6.06. The summed E-state index contributed by atoms with van der Waals surface area (Å²) in [5.74, 6) is -1.94. The number of ether oxygens (including phenoxy) is 1. The average molecular weight is 383 g/mol. The van der Waals surface area contributed by atoms with Crippen molar-refractivity contribution < 1.29 is 23.5 Å². The van der Waals surface area contributed by atoms with Crippen LogP contribution in [0.1, 0.15) is 41.7 Å². The molecule has 1 aromatic heterocycles. The number of amides is 2. The summed E-state index contributed by atoms with van der Waals surface area (Å²) in [5.41, 5.74) is -0.765. The minimum Gasteiger partial charge on any atom is -0.459 e. The number of nitriles is 1. The summed E-state index contributed by atoms with van der Waals surface area (Å²) in [6, 6.07) is 11.3. The molecule has 146 valence electrons. The molecule has 8 heteroatoms. The lowest BCUT2D eigenvalue weighted by Crippen LogP contribution is -2.50. The Hall–Kier alpha value is -3.60. The normalized spacial score (nSPS) is 12.5. The molecule has 28 heavy (non-hydrogen) atoms. The molecular formula is C20H21N3O5.